The zero-order valence-electron chi connectivity index (χ0n) is 9.83. The van der Waals surface area contributed by atoms with Crippen LogP contribution in [0.3, 0.4) is 0 Å². The smallest absolute Gasteiger partial charge is 0.0113 e. The van der Waals surface area contributed by atoms with E-state index in [0.717, 1.165) is 28.8 Å². The first kappa shape index (κ1) is 12.2. The summed E-state index contributed by atoms with van der Waals surface area (Å²) in [5.41, 5.74) is 0. The molecule has 0 aromatic carbocycles. The van der Waals surface area contributed by atoms with Crippen LogP contribution in [0.1, 0.15) is 40.0 Å². The Morgan fingerprint density at radius 3 is 2.71 bits per heavy atom. The first-order valence-corrected chi connectivity index (χ1v) is 6.92. The van der Waals surface area contributed by atoms with Crippen molar-refractivity contribution >= 4 is 11.8 Å². The highest BCUT2D eigenvalue weighted by molar-refractivity contribution is 8.00. The van der Waals surface area contributed by atoms with Crippen LogP contribution in [-0.2, 0) is 0 Å². The van der Waals surface area contributed by atoms with Gasteiger partial charge in [-0.3, -0.25) is 0 Å². The Kier molecular flexibility index (Phi) is 5.08. The van der Waals surface area contributed by atoms with Gasteiger partial charge in [-0.2, -0.15) is 11.8 Å². The maximum atomic E-state index is 3.81. The van der Waals surface area contributed by atoms with Gasteiger partial charge in [0.25, 0.3) is 0 Å². The molecule has 82 valence electrons. The first-order chi connectivity index (χ1) is 6.65. The molecule has 1 aliphatic rings. The van der Waals surface area contributed by atoms with E-state index in [1.54, 1.807) is 0 Å². The summed E-state index contributed by atoms with van der Waals surface area (Å²) in [6.45, 7) is 11.0. The van der Waals surface area contributed by atoms with E-state index in [1.165, 1.54) is 19.3 Å². The zero-order valence-corrected chi connectivity index (χ0v) is 10.6. The van der Waals surface area contributed by atoms with E-state index in [2.05, 4.69) is 39.1 Å². The third-order valence-corrected chi connectivity index (χ3v) is 4.79. The second-order valence-corrected chi connectivity index (χ2v) is 6.26. The Balaban J connectivity index is 2.49. The summed E-state index contributed by atoms with van der Waals surface area (Å²) >= 11 is 2.12. The molecule has 3 atom stereocenters. The van der Waals surface area contributed by atoms with Crippen molar-refractivity contribution in [1.82, 2.24) is 0 Å². The maximum absolute atomic E-state index is 3.81. The molecule has 1 saturated carbocycles. The van der Waals surface area contributed by atoms with E-state index in [9.17, 15) is 0 Å². The minimum Gasteiger partial charge on any atom is -0.154 e. The number of hydrogen-bond donors (Lipinski definition) is 0. The Bertz CT molecular complexity index is 174. The Hall–Kier alpha value is 0.0900. The highest BCUT2D eigenvalue weighted by Crippen LogP contribution is 2.39. The molecule has 0 bridgehead atoms. The van der Waals surface area contributed by atoms with Gasteiger partial charge in [0, 0.05) is 11.0 Å². The molecule has 0 spiro atoms. The van der Waals surface area contributed by atoms with Crippen molar-refractivity contribution in [3.05, 3.63) is 12.7 Å². The average molecular weight is 212 g/mol. The van der Waals surface area contributed by atoms with Gasteiger partial charge < -0.3 is 0 Å². The van der Waals surface area contributed by atoms with E-state index < -0.39 is 0 Å². The summed E-state index contributed by atoms with van der Waals surface area (Å²) in [5.74, 6) is 3.86. The lowest BCUT2D eigenvalue weighted by molar-refractivity contribution is 0.244. The minimum absolute atomic E-state index is 0.852. The van der Waals surface area contributed by atoms with Crippen molar-refractivity contribution < 1.29 is 0 Å². The van der Waals surface area contributed by atoms with Crippen LogP contribution in [0.15, 0.2) is 12.7 Å². The highest BCUT2D eigenvalue weighted by Gasteiger charge is 2.30. The van der Waals surface area contributed by atoms with Crippen LogP contribution in [-0.4, -0.2) is 11.0 Å². The van der Waals surface area contributed by atoms with Gasteiger partial charge >= 0.3 is 0 Å². The van der Waals surface area contributed by atoms with Crippen molar-refractivity contribution in [1.29, 1.82) is 0 Å². The molecule has 3 unspecified atom stereocenters. The molecule has 1 fully saturated rings. The molecule has 1 heteroatoms. The fraction of sp³-hybridized carbons (Fsp3) is 0.846. The molecule has 0 radical (unpaired) electrons. The summed E-state index contributed by atoms with van der Waals surface area (Å²) < 4.78 is 0. The normalized spacial score (nSPS) is 33.3. The van der Waals surface area contributed by atoms with Gasteiger partial charge in [-0.15, -0.1) is 6.58 Å². The van der Waals surface area contributed by atoms with E-state index >= 15 is 0 Å². The summed E-state index contributed by atoms with van der Waals surface area (Å²) in [6, 6.07) is 0. The molecule has 0 N–H and O–H groups in total. The first-order valence-electron chi connectivity index (χ1n) is 5.87. The minimum atomic E-state index is 0.852. The summed E-state index contributed by atoms with van der Waals surface area (Å²) in [5, 5.41) is 0.886. The number of thioether (sulfide) groups is 1. The zero-order chi connectivity index (χ0) is 10.6. The quantitative estimate of drug-likeness (QED) is 0.624. The molecular weight excluding hydrogens is 188 g/mol. The molecule has 0 aliphatic heterocycles. The molecule has 1 aliphatic carbocycles. The van der Waals surface area contributed by atoms with Crippen LogP contribution in [0.2, 0.25) is 0 Å². The lowest BCUT2D eigenvalue weighted by Gasteiger charge is -2.36. The van der Waals surface area contributed by atoms with Gasteiger partial charge in [0.1, 0.15) is 0 Å². The van der Waals surface area contributed by atoms with E-state index in [1.807, 2.05) is 6.08 Å². The fourth-order valence-electron chi connectivity index (χ4n) is 2.50. The third kappa shape index (κ3) is 3.34. The molecule has 1 rings (SSSR count). The maximum Gasteiger partial charge on any atom is 0.0113 e. The second-order valence-electron chi connectivity index (χ2n) is 4.99. The van der Waals surface area contributed by atoms with Crippen LogP contribution >= 0.6 is 11.8 Å². The second kappa shape index (κ2) is 5.85. The molecule has 0 amide bonds. The molecule has 0 aromatic rings. The monoisotopic (exact) mass is 212 g/mol. The molecule has 0 heterocycles. The lowest BCUT2D eigenvalue weighted by Crippen LogP contribution is -2.29. The largest absolute Gasteiger partial charge is 0.154 e. The van der Waals surface area contributed by atoms with Crippen molar-refractivity contribution in [2.24, 2.45) is 17.8 Å². The van der Waals surface area contributed by atoms with Crippen molar-refractivity contribution in [3.63, 3.8) is 0 Å². The number of rotatable bonds is 4. The third-order valence-electron chi connectivity index (χ3n) is 3.39. The Morgan fingerprint density at radius 2 is 2.14 bits per heavy atom. The summed E-state index contributed by atoms with van der Waals surface area (Å²) in [4.78, 5) is 0. The predicted octanol–water partition coefficient (Wildman–Crippen LogP) is 4.37. The SMILES string of the molecule is C=CCSC1CC(C)CCC1C(C)C. The molecule has 14 heavy (non-hydrogen) atoms. The van der Waals surface area contributed by atoms with Crippen molar-refractivity contribution in [2.45, 2.75) is 45.3 Å². The van der Waals surface area contributed by atoms with Crippen LogP contribution in [0.4, 0.5) is 0 Å². The molecular formula is C13H24S. The van der Waals surface area contributed by atoms with E-state index in [0.29, 0.717) is 0 Å². The number of hydrogen-bond acceptors (Lipinski definition) is 1. The molecule has 0 aromatic heterocycles. The fourth-order valence-corrected chi connectivity index (χ4v) is 4.04. The average Bonchev–Trinajstić information content (AvgIpc) is 2.14. The van der Waals surface area contributed by atoms with E-state index in [4.69, 9.17) is 0 Å². The van der Waals surface area contributed by atoms with Crippen LogP contribution in [0.5, 0.6) is 0 Å². The highest BCUT2D eigenvalue weighted by atomic mass is 32.2. The van der Waals surface area contributed by atoms with Gasteiger partial charge in [-0.25, -0.2) is 0 Å². The van der Waals surface area contributed by atoms with E-state index in [-0.39, 0.29) is 0 Å². The van der Waals surface area contributed by atoms with Gasteiger partial charge in [-0.1, -0.05) is 33.3 Å². The van der Waals surface area contributed by atoms with Crippen molar-refractivity contribution in [3.8, 4) is 0 Å². The van der Waals surface area contributed by atoms with Gasteiger partial charge in [0.15, 0.2) is 0 Å². The van der Waals surface area contributed by atoms with Gasteiger partial charge in [0.05, 0.1) is 0 Å². The lowest BCUT2D eigenvalue weighted by atomic mass is 9.77. The molecule has 0 saturated heterocycles. The van der Waals surface area contributed by atoms with Crippen LogP contribution in [0.25, 0.3) is 0 Å². The summed E-state index contributed by atoms with van der Waals surface area (Å²) in [7, 11) is 0. The Morgan fingerprint density at radius 1 is 1.43 bits per heavy atom. The van der Waals surface area contributed by atoms with Gasteiger partial charge in [0.2, 0.25) is 0 Å². The Labute approximate surface area is 93.5 Å². The van der Waals surface area contributed by atoms with Crippen molar-refractivity contribution in [2.75, 3.05) is 5.75 Å². The molecule has 0 nitrogen and oxygen atoms in total. The predicted molar refractivity (Wildman–Crippen MR) is 67.8 cm³/mol. The summed E-state index contributed by atoms with van der Waals surface area (Å²) in [6.07, 6.45) is 6.34. The van der Waals surface area contributed by atoms with Crippen LogP contribution < -0.4 is 0 Å². The van der Waals surface area contributed by atoms with Gasteiger partial charge in [-0.05, 0) is 30.6 Å². The standard InChI is InChI=1S/C13H24S/c1-5-8-14-13-9-11(4)6-7-12(13)10(2)3/h5,10-13H,1,6-9H2,2-4H3. The van der Waals surface area contributed by atoms with Crippen LogP contribution in [0, 0.1) is 17.8 Å². The topological polar surface area (TPSA) is 0 Å².